The van der Waals surface area contributed by atoms with Gasteiger partial charge in [0.2, 0.25) is 0 Å². The third-order valence-corrected chi connectivity index (χ3v) is 6.13. The lowest BCUT2D eigenvalue weighted by Gasteiger charge is -2.03. The van der Waals surface area contributed by atoms with Crippen molar-refractivity contribution in [3.63, 3.8) is 0 Å². The van der Waals surface area contributed by atoms with E-state index in [1.54, 1.807) is 0 Å². The quantitative estimate of drug-likeness (QED) is 0.245. The van der Waals surface area contributed by atoms with Crippen LogP contribution >= 0.6 is 21.6 Å². The maximum absolute atomic E-state index is 8.66. The molecule has 0 unspecified atom stereocenters. The molecule has 0 heterocycles. The van der Waals surface area contributed by atoms with E-state index in [0.29, 0.717) is 6.61 Å². The third kappa shape index (κ3) is 18.7. The zero-order valence-electron chi connectivity index (χ0n) is 13.6. The Morgan fingerprint density at radius 1 is 0.550 bits per heavy atom. The molecule has 0 amide bonds. The molecule has 1 N–H and O–H groups in total. The summed E-state index contributed by atoms with van der Waals surface area (Å²) in [5.41, 5.74) is 0. The summed E-state index contributed by atoms with van der Waals surface area (Å²) in [6, 6.07) is 0. The van der Waals surface area contributed by atoms with E-state index in [0.717, 1.165) is 12.2 Å². The first-order valence-electron chi connectivity index (χ1n) is 8.77. The second-order valence-electron chi connectivity index (χ2n) is 5.61. The predicted octanol–water partition coefficient (Wildman–Crippen LogP) is 6.45. The van der Waals surface area contributed by atoms with Crippen LogP contribution in [-0.2, 0) is 0 Å². The van der Waals surface area contributed by atoms with Gasteiger partial charge in [0.25, 0.3) is 0 Å². The molecule has 0 fully saturated rings. The molecule has 0 bridgehead atoms. The van der Waals surface area contributed by atoms with Gasteiger partial charge in [-0.15, -0.1) is 0 Å². The minimum absolute atomic E-state index is 0.339. The van der Waals surface area contributed by atoms with Crippen molar-refractivity contribution in [1.29, 1.82) is 0 Å². The van der Waals surface area contributed by atoms with Gasteiger partial charge in [-0.25, -0.2) is 0 Å². The lowest BCUT2D eigenvalue weighted by atomic mass is 10.1. The van der Waals surface area contributed by atoms with Gasteiger partial charge in [0.05, 0.1) is 0 Å². The molecule has 0 saturated carbocycles. The van der Waals surface area contributed by atoms with E-state index in [1.807, 2.05) is 21.6 Å². The molecule has 0 aliphatic rings. The number of hydrogen-bond donors (Lipinski definition) is 1. The second kappa shape index (κ2) is 19.7. The van der Waals surface area contributed by atoms with Crippen LogP contribution in [0.25, 0.3) is 0 Å². The predicted molar refractivity (Wildman–Crippen MR) is 97.7 cm³/mol. The molecule has 0 aliphatic carbocycles. The van der Waals surface area contributed by atoms with Crippen LogP contribution in [0.1, 0.15) is 90.4 Å². The summed E-state index contributed by atoms with van der Waals surface area (Å²) in [5, 5.41) is 8.66. The Bertz CT molecular complexity index is 147. The summed E-state index contributed by atoms with van der Waals surface area (Å²) in [7, 11) is 3.90. The zero-order valence-corrected chi connectivity index (χ0v) is 15.2. The van der Waals surface area contributed by atoms with Gasteiger partial charge >= 0.3 is 0 Å². The van der Waals surface area contributed by atoms with E-state index in [9.17, 15) is 0 Å². The van der Waals surface area contributed by atoms with Gasteiger partial charge in [-0.1, -0.05) is 99.1 Å². The maximum atomic E-state index is 8.66. The lowest BCUT2D eigenvalue weighted by molar-refractivity contribution is 0.296. The lowest BCUT2D eigenvalue weighted by Crippen LogP contribution is -1.85. The number of unbranched alkanes of at least 4 members (excludes halogenated alkanes) is 11. The molecule has 122 valence electrons. The van der Waals surface area contributed by atoms with E-state index in [1.165, 1.54) is 82.8 Å². The Morgan fingerprint density at radius 3 is 1.40 bits per heavy atom. The van der Waals surface area contributed by atoms with Gasteiger partial charge in [-0.2, -0.15) is 0 Å². The smallest absolute Gasteiger partial charge is 0.0439 e. The Kier molecular flexibility index (Phi) is 20.3. The van der Waals surface area contributed by atoms with Crippen molar-refractivity contribution in [2.24, 2.45) is 0 Å². The fourth-order valence-electron chi connectivity index (χ4n) is 2.24. The van der Waals surface area contributed by atoms with Gasteiger partial charge in [0.1, 0.15) is 0 Å². The highest BCUT2D eigenvalue weighted by Crippen LogP contribution is 2.23. The van der Waals surface area contributed by atoms with Crippen molar-refractivity contribution >= 4 is 21.6 Å². The molecule has 0 aromatic carbocycles. The fraction of sp³-hybridized carbons (Fsp3) is 1.00. The van der Waals surface area contributed by atoms with E-state index in [-0.39, 0.29) is 0 Å². The molecule has 20 heavy (non-hydrogen) atoms. The van der Waals surface area contributed by atoms with Crippen molar-refractivity contribution in [2.75, 3.05) is 18.1 Å². The largest absolute Gasteiger partial charge is 0.396 e. The number of hydrogen-bond acceptors (Lipinski definition) is 3. The second-order valence-corrected chi connectivity index (χ2v) is 8.31. The zero-order chi connectivity index (χ0) is 14.7. The molecule has 1 nitrogen and oxygen atoms in total. The Morgan fingerprint density at radius 2 is 0.950 bits per heavy atom. The molecule has 0 saturated heterocycles. The fourth-order valence-corrected chi connectivity index (χ4v) is 4.46. The SMILES string of the molecule is CCCCCCCCCCCCCCSSCCCO. The molecule has 0 spiro atoms. The molecular formula is C17H36OS2. The van der Waals surface area contributed by atoms with Crippen LogP contribution in [-0.4, -0.2) is 23.2 Å². The topological polar surface area (TPSA) is 20.2 Å². The number of aliphatic hydroxyl groups is 1. The highest BCUT2D eigenvalue weighted by molar-refractivity contribution is 8.76. The molecule has 0 rings (SSSR count). The summed E-state index contributed by atoms with van der Waals surface area (Å²) in [6.07, 6.45) is 18.1. The normalized spacial score (nSPS) is 11.1. The van der Waals surface area contributed by atoms with Gasteiger partial charge in [0, 0.05) is 18.1 Å². The number of rotatable bonds is 17. The van der Waals surface area contributed by atoms with Crippen LogP contribution in [0.3, 0.4) is 0 Å². The molecule has 0 atom stereocenters. The van der Waals surface area contributed by atoms with Crippen LogP contribution < -0.4 is 0 Å². The standard InChI is InChI=1S/C17H36OS2/c1-2-3-4-5-6-7-8-9-10-11-12-13-16-19-20-17-14-15-18/h18H,2-17H2,1H3. The third-order valence-electron chi connectivity index (χ3n) is 3.55. The van der Waals surface area contributed by atoms with Crippen molar-refractivity contribution in [2.45, 2.75) is 90.4 Å². The summed E-state index contributed by atoms with van der Waals surface area (Å²) in [6.45, 7) is 2.62. The summed E-state index contributed by atoms with van der Waals surface area (Å²) in [5.74, 6) is 2.38. The maximum Gasteiger partial charge on any atom is 0.0439 e. The first-order valence-corrected chi connectivity index (χ1v) is 11.3. The minimum atomic E-state index is 0.339. The molecular weight excluding hydrogens is 284 g/mol. The first kappa shape index (κ1) is 20.7. The summed E-state index contributed by atoms with van der Waals surface area (Å²) >= 11 is 0. The van der Waals surface area contributed by atoms with Crippen LogP contribution in [0.15, 0.2) is 0 Å². The van der Waals surface area contributed by atoms with Gasteiger partial charge in [-0.05, 0) is 12.8 Å². The van der Waals surface area contributed by atoms with E-state index in [2.05, 4.69) is 6.92 Å². The van der Waals surface area contributed by atoms with Crippen molar-refractivity contribution < 1.29 is 5.11 Å². The average molecular weight is 321 g/mol. The molecule has 0 aliphatic heterocycles. The molecule has 0 radical (unpaired) electrons. The number of aliphatic hydroxyl groups excluding tert-OH is 1. The molecule has 3 heteroatoms. The molecule has 0 aromatic rings. The molecule has 0 aromatic heterocycles. The average Bonchev–Trinajstić information content (AvgIpc) is 2.47. The Labute approximate surface area is 135 Å². The van der Waals surface area contributed by atoms with Crippen LogP contribution in [0.2, 0.25) is 0 Å². The van der Waals surface area contributed by atoms with Crippen molar-refractivity contribution in [3.05, 3.63) is 0 Å². The van der Waals surface area contributed by atoms with Gasteiger partial charge in [0.15, 0.2) is 0 Å². The Hall–Kier alpha value is 0.660. The van der Waals surface area contributed by atoms with E-state index >= 15 is 0 Å². The van der Waals surface area contributed by atoms with Gasteiger partial charge in [-0.3, -0.25) is 0 Å². The van der Waals surface area contributed by atoms with E-state index < -0.39 is 0 Å². The monoisotopic (exact) mass is 320 g/mol. The highest BCUT2D eigenvalue weighted by atomic mass is 33.1. The van der Waals surface area contributed by atoms with E-state index in [4.69, 9.17) is 5.11 Å². The van der Waals surface area contributed by atoms with Crippen LogP contribution in [0.4, 0.5) is 0 Å². The van der Waals surface area contributed by atoms with Crippen LogP contribution in [0.5, 0.6) is 0 Å². The van der Waals surface area contributed by atoms with Gasteiger partial charge < -0.3 is 5.11 Å². The Balaban J connectivity index is 2.89. The highest BCUT2D eigenvalue weighted by Gasteiger charge is 1.94. The summed E-state index contributed by atoms with van der Waals surface area (Å²) < 4.78 is 0. The van der Waals surface area contributed by atoms with Crippen molar-refractivity contribution in [3.8, 4) is 0 Å². The van der Waals surface area contributed by atoms with Crippen molar-refractivity contribution in [1.82, 2.24) is 0 Å². The summed E-state index contributed by atoms with van der Waals surface area (Å²) in [4.78, 5) is 0. The van der Waals surface area contributed by atoms with Crippen LogP contribution in [0, 0.1) is 0 Å². The first-order chi connectivity index (χ1) is 9.91. The minimum Gasteiger partial charge on any atom is -0.396 e.